The highest BCUT2D eigenvalue weighted by molar-refractivity contribution is 5.98. The van der Waals surface area contributed by atoms with Crippen LogP contribution < -0.4 is 15.0 Å². The molecule has 0 aliphatic carbocycles. The van der Waals surface area contributed by atoms with Gasteiger partial charge in [0.05, 0.1) is 13.5 Å². The molecule has 6 nitrogen and oxygen atoms in total. The van der Waals surface area contributed by atoms with Crippen molar-refractivity contribution in [1.82, 2.24) is 4.90 Å². The molecule has 4 rings (SSSR count). The van der Waals surface area contributed by atoms with E-state index in [9.17, 15) is 9.59 Å². The Labute approximate surface area is 224 Å². The summed E-state index contributed by atoms with van der Waals surface area (Å²) in [5, 5.41) is 3.04. The average Bonchev–Trinajstić information content (AvgIpc) is 2.94. The van der Waals surface area contributed by atoms with Gasteiger partial charge in [-0.2, -0.15) is 0 Å². The van der Waals surface area contributed by atoms with Gasteiger partial charge in [-0.05, 0) is 53.1 Å². The first-order valence-electron chi connectivity index (χ1n) is 12.5. The fourth-order valence-electron chi connectivity index (χ4n) is 4.31. The zero-order valence-electron chi connectivity index (χ0n) is 22.0. The molecule has 1 N–H and O–H groups in total. The van der Waals surface area contributed by atoms with E-state index in [0.717, 1.165) is 16.8 Å². The van der Waals surface area contributed by atoms with E-state index in [-0.39, 0.29) is 24.8 Å². The van der Waals surface area contributed by atoms with Gasteiger partial charge in [0.1, 0.15) is 11.8 Å². The number of hydrogen-bond acceptors (Lipinski definition) is 4. The largest absolute Gasteiger partial charge is 0.497 e. The first-order chi connectivity index (χ1) is 18.4. The van der Waals surface area contributed by atoms with Gasteiger partial charge in [0.15, 0.2) is 0 Å². The predicted molar refractivity (Wildman–Crippen MR) is 152 cm³/mol. The molecule has 0 spiro atoms. The molecule has 0 fully saturated rings. The fourth-order valence-corrected chi connectivity index (χ4v) is 4.31. The van der Waals surface area contributed by atoms with Crippen molar-refractivity contribution in [1.29, 1.82) is 0 Å². The van der Waals surface area contributed by atoms with Gasteiger partial charge in [-0.1, -0.05) is 72.8 Å². The van der Waals surface area contributed by atoms with Gasteiger partial charge in [0, 0.05) is 32.0 Å². The number of nitrogens with zero attached hydrogens (tertiary/aromatic N) is 2. The number of carbonyl (C=O) groups is 2. The molecule has 4 aromatic rings. The van der Waals surface area contributed by atoms with Crippen LogP contribution >= 0.6 is 0 Å². The lowest BCUT2D eigenvalue weighted by atomic mass is 10.0. The van der Waals surface area contributed by atoms with E-state index in [1.807, 2.05) is 128 Å². The van der Waals surface area contributed by atoms with Crippen LogP contribution in [0.5, 0.6) is 5.75 Å². The lowest BCUT2D eigenvalue weighted by Gasteiger charge is -2.32. The summed E-state index contributed by atoms with van der Waals surface area (Å²) >= 11 is 0. The van der Waals surface area contributed by atoms with Crippen molar-refractivity contribution >= 4 is 23.2 Å². The van der Waals surface area contributed by atoms with Crippen LogP contribution in [0.3, 0.4) is 0 Å². The summed E-state index contributed by atoms with van der Waals surface area (Å²) in [4.78, 5) is 31.5. The van der Waals surface area contributed by atoms with Gasteiger partial charge in [-0.3, -0.25) is 9.59 Å². The van der Waals surface area contributed by atoms with Gasteiger partial charge >= 0.3 is 0 Å². The van der Waals surface area contributed by atoms with E-state index in [1.165, 1.54) is 0 Å². The number of hydrogen-bond donors (Lipinski definition) is 1. The van der Waals surface area contributed by atoms with Crippen molar-refractivity contribution in [2.75, 3.05) is 31.4 Å². The second-order valence-electron chi connectivity index (χ2n) is 9.28. The molecule has 0 heterocycles. The topological polar surface area (TPSA) is 61.9 Å². The monoisotopic (exact) mass is 507 g/mol. The molecule has 1 atom stereocenters. The van der Waals surface area contributed by atoms with Gasteiger partial charge in [-0.15, -0.1) is 0 Å². The number of carbonyl (C=O) groups excluding carboxylic acids is 2. The number of ether oxygens (including phenoxy) is 1. The SMILES string of the molecule is COc1cccc(C(C(=O)Nc2ccc(N(C)C)cc2)N(Cc2ccccc2)C(=O)Cc2ccccc2)c1. The van der Waals surface area contributed by atoms with Crippen molar-refractivity contribution in [3.05, 3.63) is 126 Å². The Morgan fingerprint density at radius 3 is 2.03 bits per heavy atom. The van der Waals surface area contributed by atoms with Crippen molar-refractivity contribution < 1.29 is 14.3 Å². The molecule has 6 heteroatoms. The highest BCUT2D eigenvalue weighted by atomic mass is 16.5. The van der Waals surface area contributed by atoms with E-state index in [1.54, 1.807) is 12.0 Å². The molecule has 0 aromatic heterocycles. The summed E-state index contributed by atoms with van der Waals surface area (Å²) in [6.45, 7) is 0.279. The standard InChI is InChI=1S/C32H33N3O3/c1-34(2)28-19-17-27(18-20-28)33-32(37)31(26-15-10-16-29(22-26)38-3)35(23-25-13-8-5-9-14-25)30(36)21-24-11-6-4-7-12-24/h4-20,22,31H,21,23H2,1-3H3,(H,33,37). The van der Waals surface area contributed by atoms with Crippen LogP contribution in [0.4, 0.5) is 11.4 Å². The van der Waals surface area contributed by atoms with Crippen LogP contribution in [-0.2, 0) is 22.6 Å². The molecule has 1 unspecified atom stereocenters. The first kappa shape index (κ1) is 26.5. The molecule has 0 radical (unpaired) electrons. The van der Waals surface area contributed by atoms with Gasteiger partial charge in [0.2, 0.25) is 5.91 Å². The minimum atomic E-state index is -0.880. The number of benzene rings is 4. The van der Waals surface area contributed by atoms with Crippen LogP contribution in [0.1, 0.15) is 22.7 Å². The maximum absolute atomic E-state index is 14.0. The van der Waals surface area contributed by atoms with Crippen molar-refractivity contribution in [3.8, 4) is 5.75 Å². The number of rotatable bonds is 10. The summed E-state index contributed by atoms with van der Waals surface area (Å²) in [5.74, 6) is 0.171. The van der Waals surface area contributed by atoms with Crippen molar-refractivity contribution in [2.45, 2.75) is 19.0 Å². The second-order valence-corrected chi connectivity index (χ2v) is 9.28. The lowest BCUT2D eigenvalue weighted by molar-refractivity contribution is -0.139. The molecule has 0 bridgehead atoms. The van der Waals surface area contributed by atoms with Crippen LogP contribution in [0, 0.1) is 0 Å². The third-order valence-corrected chi connectivity index (χ3v) is 6.34. The minimum Gasteiger partial charge on any atom is -0.497 e. The van der Waals surface area contributed by atoms with Crippen LogP contribution in [-0.4, -0.2) is 37.9 Å². The maximum Gasteiger partial charge on any atom is 0.251 e. The number of nitrogens with one attached hydrogen (secondary N) is 1. The molecular weight excluding hydrogens is 474 g/mol. The Morgan fingerprint density at radius 2 is 1.42 bits per heavy atom. The molecule has 194 valence electrons. The van der Waals surface area contributed by atoms with E-state index < -0.39 is 6.04 Å². The Hall–Kier alpha value is -4.58. The summed E-state index contributed by atoms with van der Waals surface area (Å²) in [5.41, 5.74) is 4.17. The smallest absolute Gasteiger partial charge is 0.251 e. The summed E-state index contributed by atoms with van der Waals surface area (Å²) in [6.07, 6.45) is 0.180. The van der Waals surface area contributed by atoms with Crippen LogP contribution in [0.15, 0.2) is 109 Å². The maximum atomic E-state index is 14.0. The Morgan fingerprint density at radius 1 is 0.789 bits per heavy atom. The summed E-state index contributed by atoms with van der Waals surface area (Å²) in [7, 11) is 5.52. The normalized spacial score (nSPS) is 11.3. The van der Waals surface area contributed by atoms with E-state index >= 15 is 0 Å². The molecule has 4 aromatic carbocycles. The Balaban J connectivity index is 1.73. The Kier molecular flexibility index (Phi) is 8.77. The van der Waals surface area contributed by atoms with E-state index in [2.05, 4.69) is 5.32 Å². The molecule has 0 saturated heterocycles. The van der Waals surface area contributed by atoms with E-state index in [0.29, 0.717) is 17.0 Å². The number of anilines is 2. The molecule has 2 amide bonds. The minimum absolute atomic E-state index is 0.147. The van der Waals surface area contributed by atoms with Crippen LogP contribution in [0.2, 0.25) is 0 Å². The fraction of sp³-hybridized carbons (Fsp3) is 0.188. The number of methoxy groups -OCH3 is 1. The molecule has 0 aliphatic rings. The molecule has 0 saturated carbocycles. The predicted octanol–water partition coefficient (Wildman–Crippen LogP) is 5.71. The zero-order valence-corrected chi connectivity index (χ0v) is 22.0. The molecule has 38 heavy (non-hydrogen) atoms. The quantitative estimate of drug-likeness (QED) is 0.299. The molecular formula is C32H33N3O3. The summed E-state index contributed by atoms with van der Waals surface area (Å²) in [6, 6.07) is 33.4. The summed E-state index contributed by atoms with van der Waals surface area (Å²) < 4.78 is 5.45. The van der Waals surface area contributed by atoms with Gasteiger partial charge in [-0.25, -0.2) is 0 Å². The second kappa shape index (κ2) is 12.6. The number of amides is 2. The first-order valence-corrected chi connectivity index (χ1v) is 12.5. The third kappa shape index (κ3) is 6.79. The highest BCUT2D eigenvalue weighted by Crippen LogP contribution is 2.29. The van der Waals surface area contributed by atoms with Gasteiger partial charge in [0.25, 0.3) is 5.91 Å². The van der Waals surface area contributed by atoms with Gasteiger partial charge < -0.3 is 19.9 Å². The average molecular weight is 508 g/mol. The van der Waals surface area contributed by atoms with Crippen molar-refractivity contribution in [3.63, 3.8) is 0 Å². The van der Waals surface area contributed by atoms with Crippen LogP contribution in [0.25, 0.3) is 0 Å². The highest BCUT2D eigenvalue weighted by Gasteiger charge is 2.32. The zero-order chi connectivity index (χ0) is 26.9. The Bertz CT molecular complexity index is 1340. The third-order valence-electron chi connectivity index (χ3n) is 6.34. The molecule has 0 aliphatic heterocycles. The lowest BCUT2D eigenvalue weighted by Crippen LogP contribution is -2.41. The van der Waals surface area contributed by atoms with Crippen molar-refractivity contribution in [2.24, 2.45) is 0 Å². The van der Waals surface area contributed by atoms with E-state index in [4.69, 9.17) is 4.74 Å².